The minimum Gasteiger partial charge on any atom is -0.302 e. The smallest absolute Gasteiger partial charge is 0.302 e. The number of rotatable bonds is 6. The van der Waals surface area contributed by atoms with Gasteiger partial charge >= 0.3 is 5.69 Å². The van der Waals surface area contributed by atoms with Crippen LogP contribution in [0, 0.1) is 4.77 Å². The van der Waals surface area contributed by atoms with Gasteiger partial charge in [0.25, 0.3) is 0 Å². The monoisotopic (exact) mass is 230 g/mol. The van der Waals surface area contributed by atoms with Gasteiger partial charge in [-0.05, 0) is 31.7 Å². The zero-order valence-electron chi connectivity index (χ0n) is 9.25. The van der Waals surface area contributed by atoms with Crippen LogP contribution in [0.5, 0.6) is 0 Å². The fraction of sp³-hybridized carbons (Fsp3) is 0.778. The van der Waals surface area contributed by atoms with Gasteiger partial charge < -0.3 is 4.90 Å². The molecule has 0 aliphatic rings. The number of likely N-dealkylation sites (N-methyl/N-ethyl adjacent to an activating group) is 1. The normalized spacial score (nSPS) is 11.1. The molecule has 0 spiro atoms. The largest absolute Gasteiger partial charge is 0.342 e. The van der Waals surface area contributed by atoms with Gasteiger partial charge in [0.05, 0.1) is 0 Å². The molecule has 0 aliphatic carbocycles. The summed E-state index contributed by atoms with van der Waals surface area (Å²) in [5.74, 6) is 0. The van der Waals surface area contributed by atoms with Crippen molar-refractivity contribution in [3.8, 4) is 0 Å². The predicted octanol–water partition coefficient (Wildman–Crippen LogP) is 0.966. The van der Waals surface area contributed by atoms with Gasteiger partial charge in [-0.15, -0.1) is 0 Å². The lowest BCUT2D eigenvalue weighted by atomic mass is 10.4. The van der Waals surface area contributed by atoms with Crippen LogP contribution in [0.1, 0.15) is 20.3 Å². The van der Waals surface area contributed by atoms with Crippen molar-refractivity contribution in [2.24, 2.45) is 0 Å². The molecular formula is C9H18N4OS. The van der Waals surface area contributed by atoms with Crippen molar-refractivity contribution >= 4 is 12.2 Å². The molecule has 15 heavy (non-hydrogen) atoms. The summed E-state index contributed by atoms with van der Waals surface area (Å²) in [5.41, 5.74) is -0.160. The maximum atomic E-state index is 11.3. The van der Waals surface area contributed by atoms with Crippen LogP contribution >= 0.6 is 12.2 Å². The highest BCUT2D eigenvalue weighted by Crippen LogP contribution is 1.92. The van der Waals surface area contributed by atoms with Crippen LogP contribution in [0.2, 0.25) is 0 Å². The molecule has 0 atom stereocenters. The summed E-state index contributed by atoms with van der Waals surface area (Å²) in [6.45, 7) is 7.84. The van der Waals surface area contributed by atoms with E-state index < -0.39 is 0 Å². The first kappa shape index (κ1) is 12.2. The molecule has 0 radical (unpaired) electrons. The van der Waals surface area contributed by atoms with Crippen molar-refractivity contribution in [3.63, 3.8) is 0 Å². The minimum absolute atomic E-state index is 0.160. The average Bonchev–Trinajstić information content (AvgIpc) is 2.54. The summed E-state index contributed by atoms with van der Waals surface area (Å²) < 4.78 is 2.01. The molecular weight excluding hydrogens is 212 g/mol. The Kier molecular flexibility index (Phi) is 4.77. The SMILES string of the molecule is CCCN(CC)CCn1c(=O)[nH][nH]c1=S. The molecule has 0 saturated carbocycles. The molecule has 5 nitrogen and oxygen atoms in total. The zero-order chi connectivity index (χ0) is 11.3. The third kappa shape index (κ3) is 3.32. The van der Waals surface area contributed by atoms with E-state index in [4.69, 9.17) is 12.2 Å². The summed E-state index contributed by atoms with van der Waals surface area (Å²) in [7, 11) is 0. The van der Waals surface area contributed by atoms with Gasteiger partial charge in [-0.2, -0.15) is 0 Å². The number of nitrogens with one attached hydrogen (secondary N) is 2. The summed E-state index contributed by atoms with van der Waals surface area (Å²) in [6, 6.07) is 0. The number of aromatic nitrogens is 3. The number of H-pyrrole nitrogens is 2. The predicted molar refractivity (Wildman–Crippen MR) is 62.6 cm³/mol. The number of aromatic amines is 2. The number of nitrogens with zero attached hydrogens (tertiary/aromatic N) is 2. The quantitative estimate of drug-likeness (QED) is 0.716. The van der Waals surface area contributed by atoms with E-state index in [1.165, 1.54) is 0 Å². The molecule has 1 rings (SSSR count). The molecule has 0 amide bonds. The first-order chi connectivity index (χ1) is 7.19. The van der Waals surface area contributed by atoms with E-state index in [2.05, 4.69) is 28.9 Å². The molecule has 2 N–H and O–H groups in total. The van der Waals surface area contributed by atoms with Crippen molar-refractivity contribution < 1.29 is 0 Å². The van der Waals surface area contributed by atoms with Gasteiger partial charge in [-0.1, -0.05) is 13.8 Å². The van der Waals surface area contributed by atoms with Crippen LogP contribution in [-0.2, 0) is 6.54 Å². The van der Waals surface area contributed by atoms with E-state index in [1.807, 2.05) is 0 Å². The van der Waals surface area contributed by atoms with E-state index in [0.29, 0.717) is 11.3 Å². The first-order valence-electron chi connectivity index (χ1n) is 5.28. The average molecular weight is 230 g/mol. The topological polar surface area (TPSA) is 56.8 Å². The molecule has 0 bridgehead atoms. The van der Waals surface area contributed by atoms with Gasteiger partial charge in [-0.25, -0.2) is 9.89 Å². The zero-order valence-corrected chi connectivity index (χ0v) is 10.1. The molecule has 1 aromatic heterocycles. The van der Waals surface area contributed by atoms with Crippen molar-refractivity contribution in [1.29, 1.82) is 0 Å². The molecule has 0 aliphatic heterocycles. The van der Waals surface area contributed by atoms with E-state index in [9.17, 15) is 4.79 Å². The van der Waals surface area contributed by atoms with Gasteiger partial charge in [0.1, 0.15) is 0 Å². The van der Waals surface area contributed by atoms with Gasteiger partial charge in [0.2, 0.25) is 0 Å². The van der Waals surface area contributed by atoms with E-state index >= 15 is 0 Å². The fourth-order valence-electron chi connectivity index (χ4n) is 1.52. The minimum atomic E-state index is -0.160. The van der Waals surface area contributed by atoms with Crippen LogP contribution in [0.15, 0.2) is 4.79 Å². The van der Waals surface area contributed by atoms with E-state index in [0.717, 1.165) is 26.1 Å². The van der Waals surface area contributed by atoms with E-state index in [-0.39, 0.29) is 5.69 Å². The lowest BCUT2D eigenvalue weighted by molar-refractivity contribution is 0.275. The van der Waals surface area contributed by atoms with Gasteiger partial charge in [-0.3, -0.25) is 9.67 Å². The third-order valence-corrected chi connectivity index (χ3v) is 2.72. The van der Waals surface area contributed by atoms with Crippen LogP contribution < -0.4 is 5.69 Å². The first-order valence-corrected chi connectivity index (χ1v) is 5.69. The van der Waals surface area contributed by atoms with Crippen molar-refractivity contribution in [1.82, 2.24) is 19.7 Å². The molecule has 0 unspecified atom stereocenters. The summed E-state index contributed by atoms with van der Waals surface area (Å²) in [5, 5.41) is 5.10. The molecule has 0 aromatic carbocycles. The van der Waals surface area contributed by atoms with Crippen molar-refractivity contribution in [2.45, 2.75) is 26.8 Å². The number of hydrogen-bond donors (Lipinski definition) is 2. The van der Waals surface area contributed by atoms with Gasteiger partial charge in [0, 0.05) is 13.1 Å². The summed E-state index contributed by atoms with van der Waals surface area (Å²) in [4.78, 5) is 13.6. The van der Waals surface area contributed by atoms with Crippen LogP contribution in [0.25, 0.3) is 0 Å². The standard InChI is InChI=1S/C9H18N4OS/c1-3-5-12(4-2)6-7-13-8(14)10-11-9(13)15/h3-7H2,1-2H3,(H,10,14)(H,11,15). The lowest BCUT2D eigenvalue weighted by Gasteiger charge is -2.18. The van der Waals surface area contributed by atoms with Crippen LogP contribution in [0.3, 0.4) is 0 Å². The second-order valence-electron chi connectivity index (χ2n) is 3.45. The maximum absolute atomic E-state index is 11.3. The van der Waals surface area contributed by atoms with Crippen molar-refractivity contribution in [3.05, 3.63) is 15.3 Å². The molecule has 0 saturated heterocycles. The second kappa shape index (κ2) is 5.87. The highest BCUT2D eigenvalue weighted by molar-refractivity contribution is 7.71. The Morgan fingerprint density at radius 2 is 2.07 bits per heavy atom. The highest BCUT2D eigenvalue weighted by atomic mass is 32.1. The van der Waals surface area contributed by atoms with Crippen LogP contribution in [-0.4, -0.2) is 39.3 Å². The Morgan fingerprint density at radius 1 is 1.33 bits per heavy atom. The van der Waals surface area contributed by atoms with Gasteiger partial charge in [0.15, 0.2) is 4.77 Å². The lowest BCUT2D eigenvalue weighted by Crippen LogP contribution is -2.30. The molecule has 1 heterocycles. The summed E-state index contributed by atoms with van der Waals surface area (Å²) in [6.07, 6.45) is 1.13. The Morgan fingerprint density at radius 3 is 2.53 bits per heavy atom. The molecule has 6 heteroatoms. The maximum Gasteiger partial charge on any atom is 0.342 e. The third-order valence-electron chi connectivity index (χ3n) is 2.39. The summed E-state index contributed by atoms with van der Waals surface area (Å²) >= 11 is 4.98. The molecule has 86 valence electrons. The van der Waals surface area contributed by atoms with E-state index in [1.54, 1.807) is 4.57 Å². The Hall–Kier alpha value is -0.880. The highest BCUT2D eigenvalue weighted by Gasteiger charge is 2.03. The Bertz CT molecular complexity index is 364. The molecule has 1 aromatic rings. The second-order valence-corrected chi connectivity index (χ2v) is 3.83. The number of hydrogen-bond acceptors (Lipinski definition) is 3. The van der Waals surface area contributed by atoms with Crippen LogP contribution in [0.4, 0.5) is 0 Å². The molecule has 0 fully saturated rings. The Balaban J connectivity index is 2.56. The Labute approximate surface area is 94.1 Å². The van der Waals surface area contributed by atoms with Crippen molar-refractivity contribution in [2.75, 3.05) is 19.6 Å². The fourth-order valence-corrected chi connectivity index (χ4v) is 1.75.